The van der Waals surface area contributed by atoms with E-state index in [0.717, 1.165) is 11.8 Å². The molecule has 0 radical (unpaired) electrons. The molecule has 0 aromatic rings. The van der Waals surface area contributed by atoms with E-state index in [1.165, 1.54) is 0 Å². The van der Waals surface area contributed by atoms with Crippen molar-refractivity contribution in [3.63, 3.8) is 0 Å². The maximum atomic E-state index is 11.8. The molecule has 6 heteroatoms. The lowest BCUT2D eigenvalue weighted by molar-refractivity contribution is -0.142. The fourth-order valence-electron chi connectivity index (χ4n) is 0.925. The molecule has 1 atom stereocenters. The summed E-state index contributed by atoms with van der Waals surface area (Å²) in [5.41, 5.74) is -1.19. The van der Waals surface area contributed by atoms with Crippen LogP contribution in [0, 0.1) is 10.8 Å². The summed E-state index contributed by atoms with van der Waals surface area (Å²) in [6.45, 7) is 10.4. The van der Waals surface area contributed by atoms with E-state index in [9.17, 15) is 14.4 Å². The average molecular weight is 289 g/mol. The molecule has 0 saturated heterocycles. The van der Waals surface area contributed by atoms with E-state index < -0.39 is 22.8 Å². The number of carbonyl (C=O) groups excluding carboxylic acids is 2. The van der Waals surface area contributed by atoms with E-state index in [0.29, 0.717) is 0 Å². The molecule has 0 heterocycles. The first kappa shape index (κ1) is 18.0. The average Bonchev–Trinajstić information content (AvgIpc) is 2.19. The molecule has 0 aliphatic heterocycles. The molecule has 0 aliphatic carbocycles. The molecule has 1 amide bonds. The second-order valence-corrected chi connectivity index (χ2v) is 7.46. The van der Waals surface area contributed by atoms with Crippen molar-refractivity contribution in [2.45, 2.75) is 47.6 Å². The minimum absolute atomic E-state index is 0.0350. The lowest BCUT2D eigenvalue weighted by Crippen LogP contribution is -2.47. The fourth-order valence-corrected chi connectivity index (χ4v) is 1.90. The Kier molecular flexibility index (Phi) is 6.06. The van der Waals surface area contributed by atoms with Gasteiger partial charge in [0.1, 0.15) is 6.04 Å². The topological polar surface area (TPSA) is 83.5 Å². The molecule has 0 bridgehead atoms. The summed E-state index contributed by atoms with van der Waals surface area (Å²) < 4.78 is 0. The van der Waals surface area contributed by atoms with Gasteiger partial charge in [-0.15, -0.1) is 0 Å². The summed E-state index contributed by atoms with van der Waals surface area (Å²) in [5.74, 6) is -1.44. The maximum Gasteiger partial charge on any atom is 0.327 e. The second kappa shape index (κ2) is 6.41. The zero-order chi connectivity index (χ0) is 15.4. The lowest BCUT2D eigenvalue weighted by atomic mass is 9.95. The van der Waals surface area contributed by atoms with E-state index in [4.69, 9.17) is 5.11 Å². The Morgan fingerprint density at radius 1 is 1.05 bits per heavy atom. The molecule has 0 aromatic carbocycles. The third kappa shape index (κ3) is 6.61. The first-order chi connectivity index (χ1) is 8.35. The molecule has 0 spiro atoms. The molecule has 0 rings (SSSR count). The summed E-state index contributed by atoms with van der Waals surface area (Å²) in [5, 5.41) is 11.4. The smallest absolute Gasteiger partial charge is 0.327 e. The maximum absolute atomic E-state index is 11.8. The van der Waals surface area contributed by atoms with Gasteiger partial charge >= 0.3 is 5.97 Å². The van der Waals surface area contributed by atoms with Crippen molar-refractivity contribution in [3.05, 3.63) is 0 Å². The number of thioether (sulfide) groups is 1. The Morgan fingerprint density at radius 3 is 1.84 bits per heavy atom. The van der Waals surface area contributed by atoms with Gasteiger partial charge in [-0.05, 0) is 0 Å². The fraction of sp³-hybridized carbons (Fsp3) is 0.769. The van der Waals surface area contributed by atoms with E-state index in [1.807, 2.05) is 0 Å². The molecular formula is C13H23NO4S. The van der Waals surface area contributed by atoms with Crippen LogP contribution in [0.1, 0.15) is 41.5 Å². The van der Waals surface area contributed by atoms with E-state index >= 15 is 0 Å². The highest BCUT2D eigenvalue weighted by atomic mass is 32.2. The Morgan fingerprint density at radius 2 is 1.53 bits per heavy atom. The Hall–Kier alpha value is -1.04. The van der Waals surface area contributed by atoms with Crippen LogP contribution < -0.4 is 5.32 Å². The third-order valence-electron chi connectivity index (χ3n) is 2.28. The van der Waals surface area contributed by atoms with Crippen LogP contribution >= 0.6 is 11.8 Å². The van der Waals surface area contributed by atoms with Crippen LogP contribution in [0.2, 0.25) is 0 Å². The van der Waals surface area contributed by atoms with Crippen LogP contribution in [0.4, 0.5) is 0 Å². The van der Waals surface area contributed by atoms with Gasteiger partial charge in [-0.25, -0.2) is 4.79 Å². The molecule has 0 saturated carbocycles. The summed E-state index contributed by atoms with van der Waals surface area (Å²) in [6, 6.07) is -1.05. The van der Waals surface area contributed by atoms with Gasteiger partial charge < -0.3 is 10.4 Å². The highest BCUT2D eigenvalue weighted by molar-refractivity contribution is 8.13. The van der Waals surface area contributed by atoms with Gasteiger partial charge in [-0.1, -0.05) is 53.3 Å². The number of carboxylic acid groups (broad SMARTS) is 1. The number of aliphatic carboxylic acids is 1. The normalized spacial score (nSPS) is 13.8. The molecule has 110 valence electrons. The monoisotopic (exact) mass is 289 g/mol. The van der Waals surface area contributed by atoms with Crippen LogP contribution in [0.5, 0.6) is 0 Å². The van der Waals surface area contributed by atoms with Crippen LogP contribution in [-0.2, 0) is 14.4 Å². The van der Waals surface area contributed by atoms with Crippen molar-refractivity contribution in [2.24, 2.45) is 10.8 Å². The van der Waals surface area contributed by atoms with Crippen LogP contribution in [0.3, 0.4) is 0 Å². The lowest BCUT2D eigenvalue weighted by Gasteiger charge is -2.22. The van der Waals surface area contributed by atoms with Crippen molar-refractivity contribution in [1.82, 2.24) is 5.32 Å². The third-order valence-corrected chi connectivity index (χ3v) is 3.65. The zero-order valence-corrected chi connectivity index (χ0v) is 13.2. The number of carbonyl (C=O) groups is 3. The van der Waals surface area contributed by atoms with Crippen LogP contribution in [0.15, 0.2) is 0 Å². The van der Waals surface area contributed by atoms with Crippen molar-refractivity contribution in [1.29, 1.82) is 0 Å². The van der Waals surface area contributed by atoms with Crippen molar-refractivity contribution in [2.75, 3.05) is 5.75 Å². The van der Waals surface area contributed by atoms with Gasteiger partial charge in [-0.3, -0.25) is 9.59 Å². The molecule has 19 heavy (non-hydrogen) atoms. The van der Waals surface area contributed by atoms with E-state index in [1.54, 1.807) is 41.5 Å². The van der Waals surface area contributed by atoms with E-state index in [2.05, 4.69) is 5.32 Å². The number of hydrogen-bond donors (Lipinski definition) is 2. The van der Waals surface area contributed by atoms with Crippen molar-refractivity contribution >= 4 is 28.8 Å². The summed E-state index contributed by atoms with van der Waals surface area (Å²) in [7, 11) is 0. The SMILES string of the molecule is CC(C)(C)C(=O)N[C@@H](CSC(=O)C(C)(C)C)C(=O)O. The zero-order valence-electron chi connectivity index (χ0n) is 12.4. The molecule has 0 aliphatic rings. The Labute approximate surface area is 118 Å². The van der Waals surface area contributed by atoms with Gasteiger partial charge in [0.05, 0.1) is 0 Å². The molecule has 0 fully saturated rings. The molecular weight excluding hydrogens is 266 g/mol. The largest absolute Gasteiger partial charge is 0.480 e. The predicted molar refractivity (Wildman–Crippen MR) is 75.9 cm³/mol. The molecule has 0 aromatic heterocycles. The number of amides is 1. The number of carboxylic acids is 1. The number of rotatable bonds is 4. The van der Waals surface area contributed by atoms with Crippen molar-refractivity contribution in [3.8, 4) is 0 Å². The standard InChI is InChI=1S/C13H23NO4S/c1-12(2,3)10(17)14-8(9(15)16)7-19-11(18)13(4,5)6/h8H,7H2,1-6H3,(H,14,17)(H,15,16)/t8-/m0/s1. The highest BCUT2D eigenvalue weighted by Gasteiger charge is 2.29. The Bertz CT molecular complexity index is 366. The van der Waals surface area contributed by atoms with Crippen LogP contribution in [-0.4, -0.2) is 33.9 Å². The summed E-state index contributed by atoms with van der Waals surface area (Å²) in [6.07, 6.45) is 0. The highest BCUT2D eigenvalue weighted by Crippen LogP contribution is 2.23. The van der Waals surface area contributed by atoms with Gasteiger partial charge in [-0.2, -0.15) is 0 Å². The molecule has 0 unspecified atom stereocenters. The minimum atomic E-state index is -1.13. The molecule has 2 N–H and O–H groups in total. The van der Waals surface area contributed by atoms with Gasteiger partial charge in [0, 0.05) is 16.6 Å². The van der Waals surface area contributed by atoms with Gasteiger partial charge in [0.25, 0.3) is 0 Å². The number of hydrogen-bond acceptors (Lipinski definition) is 4. The quantitative estimate of drug-likeness (QED) is 0.826. The van der Waals surface area contributed by atoms with Crippen LogP contribution in [0.25, 0.3) is 0 Å². The summed E-state index contributed by atoms with van der Waals surface area (Å²) in [4.78, 5) is 34.6. The first-order valence-corrected chi connectivity index (χ1v) is 7.05. The predicted octanol–water partition coefficient (Wildman–Crippen LogP) is 1.91. The van der Waals surface area contributed by atoms with E-state index in [-0.39, 0.29) is 16.8 Å². The molecule has 5 nitrogen and oxygen atoms in total. The number of nitrogens with one attached hydrogen (secondary N) is 1. The minimum Gasteiger partial charge on any atom is -0.480 e. The van der Waals surface area contributed by atoms with Gasteiger partial charge in [0.15, 0.2) is 5.12 Å². The van der Waals surface area contributed by atoms with Crippen molar-refractivity contribution < 1.29 is 19.5 Å². The second-order valence-electron chi connectivity index (χ2n) is 6.46. The first-order valence-electron chi connectivity index (χ1n) is 6.06. The van der Waals surface area contributed by atoms with Gasteiger partial charge in [0.2, 0.25) is 5.91 Å². The Balaban J connectivity index is 4.58. The summed E-state index contributed by atoms with van der Waals surface area (Å²) >= 11 is 0.938.